The molecule has 0 bridgehead atoms. The maximum atomic E-state index is 12.5. The number of anilines is 1. The van der Waals surface area contributed by atoms with Gasteiger partial charge in [-0.2, -0.15) is 0 Å². The Morgan fingerprint density at radius 1 is 0.964 bits per heavy atom. The van der Waals surface area contributed by atoms with Gasteiger partial charge in [0.25, 0.3) is 11.8 Å². The molecule has 1 heterocycles. The molecule has 2 aromatic rings. The topological polar surface area (TPSA) is 67.9 Å². The number of nitrogens with one attached hydrogen (secondary N) is 1. The van der Waals surface area contributed by atoms with Crippen molar-refractivity contribution in [3.8, 4) is 11.5 Å². The molecule has 0 unspecified atom stereocenters. The van der Waals surface area contributed by atoms with Gasteiger partial charge < -0.3 is 19.7 Å². The van der Waals surface area contributed by atoms with Crippen molar-refractivity contribution in [1.82, 2.24) is 4.90 Å². The minimum absolute atomic E-state index is 0.00838. The zero-order valence-electron chi connectivity index (χ0n) is 16.1. The van der Waals surface area contributed by atoms with Gasteiger partial charge in [0.2, 0.25) is 0 Å². The average Bonchev–Trinajstić information content (AvgIpc) is 2.74. The molecule has 2 aromatic carbocycles. The number of carbonyl (C=O) groups is 2. The maximum Gasteiger partial charge on any atom is 0.260 e. The highest BCUT2D eigenvalue weighted by Gasteiger charge is 2.17. The molecule has 1 saturated heterocycles. The normalized spacial score (nSPS) is 13.7. The first kappa shape index (κ1) is 19.7. The van der Waals surface area contributed by atoms with Crippen molar-refractivity contribution >= 4 is 17.5 Å². The molecular formula is C22H26N2O4. The molecule has 0 spiro atoms. The zero-order chi connectivity index (χ0) is 19.8. The van der Waals surface area contributed by atoms with E-state index in [-0.39, 0.29) is 18.4 Å². The van der Waals surface area contributed by atoms with E-state index in [0.29, 0.717) is 29.4 Å². The maximum absolute atomic E-state index is 12.5. The highest BCUT2D eigenvalue weighted by molar-refractivity contribution is 6.05. The van der Waals surface area contributed by atoms with E-state index in [9.17, 15) is 9.59 Å². The first-order chi connectivity index (χ1) is 13.7. The number of hydrogen-bond acceptors (Lipinski definition) is 4. The minimum atomic E-state index is -0.233. The van der Waals surface area contributed by atoms with E-state index in [4.69, 9.17) is 9.47 Å². The van der Waals surface area contributed by atoms with Crippen molar-refractivity contribution < 1.29 is 19.1 Å². The molecule has 1 N–H and O–H groups in total. The van der Waals surface area contributed by atoms with Gasteiger partial charge in [-0.1, -0.05) is 12.1 Å². The molecule has 28 heavy (non-hydrogen) atoms. The lowest BCUT2D eigenvalue weighted by Gasteiger charge is -2.26. The van der Waals surface area contributed by atoms with Crippen molar-refractivity contribution in [3.05, 3.63) is 54.1 Å². The molecule has 6 heteroatoms. The monoisotopic (exact) mass is 382 g/mol. The second-order valence-corrected chi connectivity index (χ2v) is 6.64. The van der Waals surface area contributed by atoms with Crippen LogP contribution < -0.4 is 14.8 Å². The predicted molar refractivity (Wildman–Crippen MR) is 108 cm³/mol. The van der Waals surface area contributed by atoms with Crippen molar-refractivity contribution in [1.29, 1.82) is 0 Å². The second kappa shape index (κ2) is 9.78. The number of nitrogens with zero attached hydrogens (tertiary/aromatic N) is 1. The lowest BCUT2D eigenvalue weighted by molar-refractivity contribution is -0.134. The number of ether oxygens (including phenoxy) is 2. The Morgan fingerprint density at radius 2 is 1.68 bits per heavy atom. The molecule has 0 aliphatic carbocycles. The van der Waals surface area contributed by atoms with Gasteiger partial charge in [-0.25, -0.2) is 0 Å². The third-order valence-corrected chi connectivity index (χ3v) is 4.62. The first-order valence-corrected chi connectivity index (χ1v) is 9.71. The van der Waals surface area contributed by atoms with Gasteiger partial charge in [-0.3, -0.25) is 9.59 Å². The van der Waals surface area contributed by atoms with Crippen LogP contribution in [0.4, 0.5) is 5.69 Å². The van der Waals surface area contributed by atoms with Crippen molar-refractivity contribution in [2.24, 2.45) is 0 Å². The van der Waals surface area contributed by atoms with E-state index in [1.807, 2.05) is 30.0 Å². The lowest BCUT2D eigenvalue weighted by atomic mass is 10.1. The number of amides is 2. The molecule has 148 valence electrons. The summed E-state index contributed by atoms with van der Waals surface area (Å²) >= 11 is 0. The molecule has 1 fully saturated rings. The SMILES string of the molecule is CCOc1ccccc1NC(=O)c1ccc(OCC(=O)N2CCCCC2)cc1. The van der Waals surface area contributed by atoms with Gasteiger partial charge in [0.1, 0.15) is 11.5 Å². The number of benzene rings is 2. The fraction of sp³-hybridized carbons (Fsp3) is 0.364. The lowest BCUT2D eigenvalue weighted by Crippen LogP contribution is -2.38. The number of para-hydroxylation sites is 2. The largest absolute Gasteiger partial charge is 0.492 e. The Bertz CT molecular complexity index is 798. The van der Waals surface area contributed by atoms with Crippen LogP contribution in [0.5, 0.6) is 11.5 Å². The fourth-order valence-electron chi connectivity index (χ4n) is 3.13. The van der Waals surface area contributed by atoms with Crippen LogP contribution in [0.15, 0.2) is 48.5 Å². The molecule has 0 atom stereocenters. The summed E-state index contributed by atoms with van der Waals surface area (Å²) in [6.45, 7) is 4.06. The van der Waals surface area contributed by atoms with Crippen LogP contribution in [0.25, 0.3) is 0 Å². The van der Waals surface area contributed by atoms with Gasteiger partial charge in [0, 0.05) is 18.7 Å². The van der Waals surface area contributed by atoms with Crippen molar-refractivity contribution in [2.45, 2.75) is 26.2 Å². The van der Waals surface area contributed by atoms with Crippen LogP contribution in [-0.2, 0) is 4.79 Å². The summed E-state index contributed by atoms with van der Waals surface area (Å²) < 4.78 is 11.1. The number of likely N-dealkylation sites (tertiary alicyclic amines) is 1. The number of rotatable bonds is 7. The van der Waals surface area contributed by atoms with Crippen LogP contribution in [0, 0.1) is 0 Å². The van der Waals surface area contributed by atoms with Gasteiger partial charge in [0.05, 0.1) is 12.3 Å². The van der Waals surface area contributed by atoms with Crippen LogP contribution >= 0.6 is 0 Å². The Morgan fingerprint density at radius 3 is 2.39 bits per heavy atom. The van der Waals surface area contributed by atoms with Crippen LogP contribution in [0.2, 0.25) is 0 Å². The van der Waals surface area contributed by atoms with E-state index >= 15 is 0 Å². The summed E-state index contributed by atoms with van der Waals surface area (Å²) in [4.78, 5) is 26.5. The van der Waals surface area contributed by atoms with E-state index < -0.39 is 0 Å². The van der Waals surface area contributed by atoms with Crippen LogP contribution in [-0.4, -0.2) is 43.0 Å². The Hall–Kier alpha value is -3.02. The number of carbonyl (C=O) groups excluding carboxylic acids is 2. The summed E-state index contributed by atoms with van der Waals surface area (Å²) in [5, 5.41) is 2.86. The molecular weight excluding hydrogens is 356 g/mol. The highest BCUT2D eigenvalue weighted by Crippen LogP contribution is 2.24. The molecule has 6 nitrogen and oxygen atoms in total. The average molecular weight is 382 g/mol. The molecule has 3 rings (SSSR count). The zero-order valence-corrected chi connectivity index (χ0v) is 16.1. The smallest absolute Gasteiger partial charge is 0.260 e. The standard InChI is InChI=1S/C22H26N2O4/c1-2-27-20-9-5-4-8-19(20)23-22(26)17-10-12-18(13-11-17)28-16-21(25)24-14-6-3-7-15-24/h4-5,8-13H,2-3,6-7,14-16H2,1H3,(H,23,26). The fourth-order valence-corrected chi connectivity index (χ4v) is 3.13. The van der Waals surface area contributed by atoms with Crippen molar-refractivity contribution in [3.63, 3.8) is 0 Å². The third kappa shape index (κ3) is 5.25. The number of hydrogen-bond donors (Lipinski definition) is 1. The van der Waals surface area contributed by atoms with Gasteiger partial charge in [0.15, 0.2) is 6.61 Å². The van der Waals surface area contributed by atoms with Crippen molar-refractivity contribution in [2.75, 3.05) is 31.6 Å². The molecule has 1 aliphatic heterocycles. The highest BCUT2D eigenvalue weighted by atomic mass is 16.5. The first-order valence-electron chi connectivity index (χ1n) is 9.71. The molecule has 0 aromatic heterocycles. The summed E-state index contributed by atoms with van der Waals surface area (Å²) in [5.74, 6) is 0.975. The van der Waals surface area contributed by atoms with Gasteiger partial charge in [-0.05, 0) is 62.6 Å². The molecule has 0 radical (unpaired) electrons. The van der Waals surface area contributed by atoms with Gasteiger partial charge in [-0.15, -0.1) is 0 Å². The summed E-state index contributed by atoms with van der Waals surface area (Å²) in [7, 11) is 0. The van der Waals surface area contributed by atoms with E-state index in [0.717, 1.165) is 25.9 Å². The molecule has 0 saturated carbocycles. The minimum Gasteiger partial charge on any atom is -0.492 e. The summed E-state index contributed by atoms with van der Waals surface area (Å²) in [6.07, 6.45) is 3.30. The van der Waals surface area contributed by atoms with E-state index in [1.165, 1.54) is 6.42 Å². The quantitative estimate of drug-likeness (QED) is 0.792. The summed E-state index contributed by atoms with van der Waals surface area (Å²) in [6, 6.07) is 14.1. The second-order valence-electron chi connectivity index (χ2n) is 6.64. The van der Waals surface area contributed by atoms with E-state index in [2.05, 4.69) is 5.32 Å². The van der Waals surface area contributed by atoms with Crippen LogP contribution in [0.1, 0.15) is 36.5 Å². The predicted octanol–water partition coefficient (Wildman–Crippen LogP) is 3.73. The molecule has 2 amide bonds. The molecule has 1 aliphatic rings. The Labute approximate surface area is 165 Å². The Balaban J connectivity index is 1.55. The van der Waals surface area contributed by atoms with Crippen LogP contribution in [0.3, 0.4) is 0 Å². The Kier molecular flexibility index (Phi) is 6.89. The number of piperidine rings is 1. The summed E-state index contributed by atoms with van der Waals surface area (Å²) in [5.41, 5.74) is 1.13. The third-order valence-electron chi connectivity index (χ3n) is 4.62. The van der Waals surface area contributed by atoms with E-state index in [1.54, 1.807) is 30.3 Å². The van der Waals surface area contributed by atoms with Gasteiger partial charge >= 0.3 is 0 Å².